The van der Waals surface area contributed by atoms with Crippen LogP contribution in [0.1, 0.15) is 11.1 Å². The maximum atomic E-state index is 12.0. The molecule has 0 aliphatic carbocycles. The van der Waals surface area contributed by atoms with Crippen LogP contribution in [0.3, 0.4) is 0 Å². The molecule has 134 valence electrons. The lowest BCUT2D eigenvalue weighted by atomic mass is 10.1. The van der Waals surface area contributed by atoms with Gasteiger partial charge in [0.2, 0.25) is 0 Å². The van der Waals surface area contributed by atoms with Crippen LogP contribution in [-0.2, 0) is 13.1 Å². The number of aromatic nitrogens is 3. The third kappa shape index (κ3) is 5.34. The lowest BCUT2D eigenvalue weighted by molar-refractivity contribution is 0.241. The molecule has 0 fully saturated rings. The summed E-state index contributed by atoms with van der Waals surface area (Å²) >= 11 is 0. The molecule has 0 aliphatic rings. The second-order valence-electron chi connectivity index (χ2n) is 5.72. The Morgan fingerprint density at radius 3 is 2.54 bits per heavy atom. The average molecular weight is 350 g/mol. The van der Waals surface area contributed by atoms with Gasteiger partial charge in [-0.15, -0.1) is 0 Å². The highest BCUT2D eigenvalue weighted by Crippen LogP contribution is 2.10. The van der Waals surface area contributed by atoms with Gasteiger partial charge in [0.15, 0.2) is 0 Å². The minimum Gasteiger partial charge on any atom is -0.368 e. The molecule has 0 aliphatic heterocycles. The molecule has 7 nitrogen and oxygen atoms in total. The van der Waals surface area contributed by atoms with E-state index in [0.717, 1.165) is 16.9 Å². The number of hydrogen-bond donors (Lipinski definition) is 3. The van der Waals surface area contributed by atoms with E-state index >= 15 is 0 Å². The molecule has 0 saturated carbocycles. The molecule has 2 amide bonds. The summed E-state index contributed by atoms with van der Waals surface area (Å²) in [5, 5.41) is 13.1. The predicted molar refractivity (Wildman–Crippen MR) is 101 cm³/mol. The van der Waals surface area contributed by atoms with Crippen LogP contribution in [0.5, 0.6) is 0 Å². The van der Waals surface area contributed by atoms with E-state index in [2.05, 4.69) is 26.0 Å². The molecule has 1 aromatic carbocycles. The zero-order valence-corrected chi connectivity index (χ0v) is 14.4. The number of hydrogen-bond acceptors (Lipinski definition) is 4. The molecule has 3 rings (SSSR count). The van der Waals surface area contributed by atoms with Crippen molar-refractivity contribution in [2.24, 2.45) is 0 Å². The summed E-state index contributed by atoms with van der Waals surface area (Å²) in [6.45, 7) is 2.27. The van der Waals surface area contributed by atoms with Gasteiger partial charge in [-0.2, -0.15) is 5.10 Å². The van der Waals surface area contributed by atoms with Crippen molar-refractivity contribution >= 4 is 11.8 Å². The standard InChI is InChI=1S/C19H22N6O/c26-19(22-12-11-21-18-8-3-4-9-20-18)23-14-16-6-1-2-7-17(16)15-25-13-5-10-24-25/h1-10,13H,11-12,14-15H2,(H,20,21)(H2,22,23,26). The monoisotopic (exact) mass is 350 g/mol. The van der Waals surface area contributed by atoms with Gasteiger partial charge in [-0.05, 0) is 29.3 Å². The van der Waals surface area contributed by atoms with Gasteiger partial charge in [-0.25, -0.2) is 9.78 Å². The Morgan fingerprint density at radius 2 is 1.77 bits per heavy atom. The number of benzene rings is 1. The fraction of sp³-hybridized carbons (Fsp3) is 0.211. The molecule has 3 aromatic rings. The van der Waals surface area contributed by atoms with Crippen molar-refractivity contribution in [2.75, 3.05) is 18.4 Å². The number of anilines is 1. The highest BCUT2D eigenvalue weighted by atomic mass is 16.2. The normalized spacial score (nSPS) is 10.3. The molecule has 7 heteroatoms. The van der Waals surface area contributed by atoms with Crippen LogP contribution in [0.25, 0.3) is 0 Å². The van der Waals surface area contributed by atoms with Gasteiger partial charge >= 0.3 is 6.03 Å². The molecular formula is C19H22N6O. The molecule has 0 radical (unpaired) electrons. The van der Waals surface area contributed by atoms with Crippen molar-refractivity contribution in [3.63, 3.8) is 0 Å². The Labute approximate surface area is 152 Å². The van der Waals surface area contributed by atoms with Gasteiger partial charge in [0, 0.05) is 38.2 Å². The van der Waals surface area contributed by atoms with Crippen LogP contribution in [0, 0.1) is 0 Å². The number of nitrogens with one attached hydrogen (secondary N) is 3. The Bertz CT molecular complexity index is 804. The van der Waals surface area contributed by atoms with Gasteiger partial charge in [-0.3, -0.25) is 4.68 Å². The summed E-state index contributed by atoms with van der Waals surface area (Å²) < 4.78 is 1.86. The van der Waals surface area contributed by atoms with Crippen LogP contribution >= 0.6 is 0 Å². The minimum absolute atomic E-state index is 0.193. The Hall–Kier alpha value is -3.35. The summed E-state index contributed by atoms with van der Waals surface area (Å²) in [5.74, 6) is 0.794. The van der Waals surface area contributed by atoms with Gasteiger partial charge in [0.1, 0.15) is 5.82 Å². The largest absolute Gasteiger partial charge is 0.368 e. The quantitative estimate of drug-likeness (QED) is 0.544. The Morgan fingerprint density at radius 1 is 0.923 bits per heavy atom. The molecule has 26 heavy (non-hydrogen) atoms. The van der Waals surface area contributed by atoms with Crippen molar-refractivity contribution in [2.45, 2.75) is 13.1 Å². The maximum Gasteiger partial charge on any atom is 0.315 e. The van der Waals surface area contributed by atoms with Gasteiger partial charge in [0.05, 0.1) is 6.54 Å². The third-order valence-electron chi connectivity index (χ3n) is 3.83. The van der Waals surface area contributed by atoms with Crippen LogP contribution in [0.15, 0.2) is 67.1 Å². The first-order chi connectivity index (χ1) is 12.8. The van der Waals surface area contributed by atoms with Crippen LogP contribution in [-0.4, -0.2) is 33.9 Å². The number of nitrogens with zero attached hydrogens (tertiary/aromatic N) is 3. The van der Waals surface area contributed by atoms with Crippen LogP contribution in [0.2, 0.25) is 0 Å². The van der Waals surface area contributed by atoms with E-state index in [-0.39, 0.29) is 6.03 Å². The molecule has 0 spiro atoms. The smallest absolute Gasteiger partial charge is 0.315 e. The van der Waals surface area contributed by atoms with Gasteiger partial charge in [0.25, 0.3) is 0 Å². The third-order valence-corrected chi connectivity index (χ3v) is 3.83. The van der Waals surface area contributed by atoms with Crippen LogP contribution in [0.4, 0.5) is 10.6 Å². The first-order valence-corrected chi connectivity index (χ1v) is 8.52. The second kappa shape index (κ2) is 9.22. The van der Waals surface area contributed by atoms with Crippen molar-refractivity contribution in [3.05, 3.63) is 78.2 Å². The number of pyridine rings is 1. The fourth-order valence-electron chi connectivity index (χ4n) is 2.52. The molecule has 2 aromatic heterocycles. The predicted octanol–water partition coefficient (Wildman–Crippen LogP) is 2.24. The molecule has 0 unspecified atom stereocenters. The van der Waals surface area contributed by atoms with E-state index < -0.39 is 0 Å². The number of amides is 2. The first-order valence-electron chi connectivity index (χ1n) is 8.52. The van der Waals surface area contributed by atoms with Gasteiger partial charge < -0.3 is 16.0 Å². The van der Waals surface area contributed by atoms with E-state index in [1.165, 1.54) is 0 Å². The number of rotatable bonds is 8. The van der Waals surface area contributed by atoms with E-state index in [0.29, 0.717) is 26.2 Å². The van der Waals surface area contributed by atoms with Crippen molar-refractivity contribution in [3.8, 4) is 0 Å². The second-order valence-corrected chi connectivity index (χ2v) is 5.72. The fourth-order valence-corrected chi connectivity index (χ4v) is 2.52. The van der Waals surface area contributed by atoms with Gasteiger partial charge in [-0.1, -0.05) is 30.3 Å². The number of carbonyl (C=O) groups excluding carboxylic acids is 1. The molecule has 2 heterocycles. The first kappa shape index (κ1) is 17.5. The lowest BCUT2D eigenvalue weighted by Crippen LogP contribution is -2.37. The zero-order chi connectivity index (χ0) is 18.0. The molecule has 0 saturated heterocycles. The number of urea groups is 1. The summed E-state index contributed by atoms with van der Waals surface area (Å²) in [6.07, 6.45) is 5.40. The van der Waals surface area contributed by atoms with E-state index in [4.69, 9.17) is 0 Å². The Balaban J connectivity index is 1.41. The SMILES string of the molecule is O=C(NCCNc1ccccn1)NCc1ccccc1Cn1cccn1. The minimum atomic E-state index is -0.193. The zero-order valence-electron chi connectivity index (χ0n) is 14.4. The molecular weight excluding hydrogens is 328 g/mol. The maximum absolute atomic E-state index is 12.0. The van der Waals surface area contributed by atoms with Crippen molar-refractivity contribution in [1.29, 1.82) is 0 Å². The summed E-state index contributed by atoms with van der Waals surface area (Å²) in [7, 11) is 0. The summed E-state index contributed by atoms with van der Waals surface area (Å²) in [5.41, 5.74) is 2.21. The highest BCUT2D eigenvalue weighted by Gasteiger charge is 2.05. The van der Waals surface area contributed by atoms with E-state index in [1.54, 1.807) is 12.4 Å². The summed E-state index contributed by atoms with van der Waals surface area (Å²) in [6, 6.07) is 15.4. The Kier molecular flexibility index (Phi) is 6.19. The number of carbonyl (C=O) groups is 1. The van der Waals surface area contributed by atoms with E-state index in [1.807, 2.05) is 59.4 Å². The molecule has 0 bridgehead atoms. The molecule has 0 atom stereocenters. The van der Waals surface area contributed by atoms with Crippen molar-refractivity contribution < 1.29 is 4.79 Å². The van der Waals surface area contributed by atoms with Crippen molar-refractivity contribution in [1.82, 2.24) is 25.4 Å². The highest BCUT2D eigenvalue weighted by molar-refractivity contribution is 5.73. The van der Waals surface area contributed by atoms with E-state index in [9.17, 15) is 4.79 Å². The average Bonchev–Trinajstić information content (AvgIpc) is 3.18. The molecule has 3 N–H and O–H groups in total. The van der Waals surface area contributed by atoms with Crippen LogP contribution < -0.4 is 16.0 Å². The lowest BCUT2D eigenvalue weighted by Gasteiger charge is -2.12. The topological polar surface area (TPSA) is 83.9 Å². The summed E-state index contributed by atoms with van der Waals surface area (Å²) in [4.78, 5) is 16.1.